The number of hydrogen-bond acceptors (Lipinski definition) is 11. The van der Waals surface area contributed by atoms with E-state index in [0.717, 1.165) is 4.90 Å². The average molecular weight is 809 g/mol. The highest BCUT2D eigenvalue weighted by Crippen LogP contribution is 2.47. The zero-order valence-corrected chi connectivity index (χ0v) is 32.6. The number of sulfonamides is 1. The van der Waals surface area contributed by atoms with Gasteiger partial charge in [0.05, 0.1) is 29.4 Å². The fourth-order valence-electron chi connectivity index (χ4n) is 6.97. The summed E-state index contributed by atoms with van der Waals surface area (Å²) in [7, 11) is -2.71. The molecule has 3 heterocycles. The summed E-state index contributed by atoms with van der Waals surface area (Å²) in [5.74, 6) is -3.66. The lowest BCUT2D eigenvalue weighted by atomic mass is 10.0. The average Bonchev–Trinajstić information content (AvgIpc) is 3.98. The molecule has 19 heteroatoms. The van der Waals surface area contributed by atoms with E-state index in [-0.39, 0.29) is 30.3 Å². The van der Waals surface area contributed by atoms with Gasteiger partial charge in [0.2, 0.25) is 33.4 Å². The standard InChI is InChI=1S/C37H47F3N6O9S/c1-34(2,3)55-33(50)43-25-12-10-8-6-7-9-11-21-19-36(21,32(49)45-56(51,52)35(4)15-16-35)44-29(47)27-18-23(20-46(27)31(25)48)54-30-28(37(38,39)40)41-24-14-13-22(53-5)17-26(24)42-30/h9,11,13-14,17,21,23,25,27H,6-8,10,12,15-16,18-20H2,1-5H3,(H,43,50)(H,44,47)(H,45,49)/b11-9-/t21-,23-,25+,27+,36-/m1/s1. The first kappa shape index (κ1) is 41.0. The van der Waals surface area contributed by atoms with Crippen LogP contribution < -0.4 is 24.8 Å². The van der Waals surface area contributed by atoms with Gasteiger partial charge in [-0.25, -0.2) is 23.2 Å². The minimum absolute atomic E-state index is 0.0337. The molecule has 2 aliphatic carbocycles. The summed E-state index contributed by atoms with van der Waals surface area (Å²) < 4.78 is 86.8. The van der Waals surface area contributed by atoms with Crippen molar-refractivity contribution in [2.45, 2.75) is 126 Å². The van der Waals surface area contributed by atoms with Crippen LogP contribution in [0.4, 0.5) is 18.0 Å². The summed E-state index contributed by atoms with van der Waals surface area (Å²) in [6, 6.07) is 1.51. The molecule has 3 fully saturated rings. The van der Waals surface area contributed by atoms with Gasteiger partial charge in [-0.3, -0.25) is 19.1 Å². The van der Waals surface area contributed by atoms with E-state index in [1.807, 2.05) is 6.08 Å². The number of carbonyl (C=O) groups is 4. The van der Waals surface area contributed by atoms with Gasteiger partial charge in [-0.1, -0.05) is 25.0 Å². The van der Waals surface area contributed by atoms with Crippen LogP contribution in [-0.2, 0) is 35.3 Å². The minimum atomic E-state index is -5.00. The third kappa shape index (κ3) is 8.81. The van der Waals surface area contributed by atoms with Crippen LogP contribution >= 0.6 is 0 Å². The van der Waals surface area contributed by atoms with Crippen molar-refractivity contribution < 1.29 is 55.0 Å². The highest BCUT2D eigenvalue weighted by atomic mass is 32.2. The fraction of sp³-hybridized carbons (Fsp3) is 0.622. The Morgan fingerprint density at radius 3 is 2.45 bits per heavy atom. The number of ether oxygens (including phenoxy) is 3. The molecule has 306 valence electrons. The van der Waals surface area contributed by atoms with Gasteiger partial charge in [0.1, 0.15) is 35.1 Å². The molecule has 56 heavy (non-hydrogen) atoms. The lowest BCUT2D eigenvalue weighted by molar-refractivity contribution is -0.143. The number of nitrogens with zero attached hydrogens (tertiary/aromatic N) is 3. The van der Waals surface area contributed by atoms with Gasteiger partial charge in [0.25, 0.3) is 5.91 Å². The van der Waals surface area contributed by atoms with E-state index >= 15 is 0 Å². The molecule has 1 aromatic carbocycles. The molecule has 0 radical (unpaired) electrons. The van der Waals surface area contributed by atoms with E-state index in [0.29, 0.717) is 44.3 Å². The van der Waals surface area contributed by atoms with Crippen molar-refractivity contribution in [3.8, 4) is 11.6 Å². The van der Waals surface area contributed by atoms with Gasteiger partial charge < -0.3 is 29.7 Å². The number of alkyl halides is 3. The molecule has 3 N–H and O–H groups in total. The van der Waals surface area contributed by atoms with Gasteiger partial charge in [-0.15, -0.1) is 0 Å². The predicted octanol–water partition coefficient (Wildman–Crippen LogP) is 4.29. The topological polar surface area (TPSA) is 195 Å². The molecule has 5 atom stereocenters. The number of alkyl carbamates (subject to hydrolysis) is 1. The number of fused-ring (bicyclic) bond motifs is 3. The van der Waals surface area contributed by atoms with Crippen LogP contribution in [0.5, 0.6) is 11.6 Å². The molecule has 0 unspecified atom stereocenters. The Morgan fingerprint density at radius 1 is 1.05 bits per heavy atom. The maximum Gasteiger partial charge on any atom is 0.438 e. The van der Waals surface area contributed by atoms with Crippen LogP contribution in [0.3, 0.4) is 0 Å². The van der Waals surface area contributed by atoms with Crippen LogP contribution in [0.25, 0.3) is 11.0 Å². The third-order valence-corrected chi connectivity index (χ3v) is 12.7. The number of rotatable bonds is 7. The van der Waals surface area contributed by atoms with Crippen LogP contribution in [-0.4, -0.2) is 94.8 Å². The number of amides is 4. The molecule has 2 saturated carbocycles. The number of nitrogens with one attached hydrogen (secondary N) is 3. The Balaban J connectivity index is 1.35. The van der Waals surface area contributed by atoms with E-state index in [1.54, 1.807) is 26.8 Å². The predicted molar refractivity (Wildman–Crippen MR) is 195 cm³/mol. The highest BCUT2D eigenvalue weighted by Gasteiger charge is 2.63. The highest BCUT2D eigenvalue weighted by molar-refractivity contribution is 7.91. The second-order valence-electron chi connectivity index (χ2n) is 16.1. The van der Waals surface area contributed by atoms with Crippen molar-refractivity contribution in [2.24, 2.45) is 5.92 Å². The number of carbonyl (C=O) groups excluding carboxylic acids is 4. The quantitative estimate of drug-likeness (QED) is 0.338. The molecule has 4 aliphatic rings. The minimum Gasteiger partial charge on any atom is -0.497 e. The molecule has 6 rings (SSSR count). The second-order valence-corrected chi connectivity index (χ2v) is 18.3. The van der Waals surface area contributed by atoms with Crippen molar-refractivity contribution in [1.29, 1.82) is 0 Å². The fourth-order valence-corrected chi connectivity index (χ4v) is 8.28. The Kier molecular flexibility index (Phi) is 11.0. The summed E-state index contributed by atoms with van der Waals surface area (Å²) in [5.41, 5.74) is -4.06. The lowest BCUT2D eigenvalue weighted by Crippen LogP contribution is -2.58. The summed E-state index contributed by atoms with van der Waals surface area (Å²) in [6.45, 7) is 6.05. The summed E-state index contributed by atoms with van der Waals surface area (Å²) in [4.78, 5) is 64.5. The van der Waals surface area contributed by atoms with E-state index in [9.17, 15) is 40.8 Å². The Morgan fingerprint density at radius 2 is 1.79 bits per heavy atom. The number of aromatic nitrogens is 2. The molecule has 2 aromatic rings. The van der Waals surface area contributed by atoms with Crippen molar-refractivity contribution in [3.63, 3.8) is 0 Å². The summed E-state index contributed by atoms with van der Waals surface area (Å²) >= 11 is 0. The molecule has 4 amide bonds. The van der Waals surface area contributed by atoms with Gasteiger partial charge in [0, 0.05) is 18.4 Å². The molecule has 0 bridgehead atoms. The molecule has 15 nitrogen and oxygen atoms in total. The van der Waals surface area contributed by atoms with Crippen LogP contribution in [0.1, 0.15) is 91.2 Å². The van der Waals surface area contributed by atoms with Crippen LogP contribution in [0, 0.1) is 5.92 Å². The van der Waals surface area contributed by atoms with E-state index in [2.05, 4.69) is 25.3 Å². The first-order valence-electron chi connectivity index (χ1n) is 18.6. The summed E-state index contributed by atoms with van der Waals surface area (Å²) in [6.07, 6.45) is -0.480. The Hall–Kier alpha value is -4.68. The maximum absolute atomic E-state index is 14.4. The molecule has 1 aromatic heterocycles. The van der Waals surface area contributed by atoms with Gasteiger partial charge in [-0.2, -0.15) is 13.2 Å². The first-order valence-corrected chi connectivity index (χ1v) is 20.1. The Bertz CT molecular complexity index is 2030. The van der Waals surface area contributed by atoms with Crippen molar-refractivity contribution in [1.82, 2.24) is 30.2 Å². The van der Waals surface area contributed by atoms with Gasteiger partial charge in [0.15, 0.2) is 0 Å². The lowest BCUT2D eigenvalue weighted by Gasteiger charge is -2.30. The largest absolute Gasteiger partial charge is 0.497 e. The van der Waals surface area contributed by atoms with Crippen LogP contribution in [0.2, 0.25) is 0 Å². The van der Waals surface area contributed by atoms with Crippen molar-refractivity contribution >= 4 is 44.9 Å². The number of halogens is 3. The monoisotopic (exact) mass is 808 g/mol. The molecule has 0 spiro atoms. The number of hydrogen-bond donors (Lipinski definition) is 3. The molecule has 2 aliphatic heterocycles. The normalized spacial score (nSPS) is 27.4. The Labute approximate surface area is 322 Å². The zero-order chi connectivity index (χ0) is 40.8. The maximum atomic E-state index is 14.4. The first-order chi connectivity index (χ1) is 26.1. The molecular formula is C37H47F3N6O9S. The second kappa shape index (κ2) is 15.0. The number of allylic oxidation sites excluding steroid dienone is 1. The zero-order valence-electron chi connectivity index (χ0n) is 31.8. The molecular weight excluding hydrogens is 762 g/mol. The van der Waals surface area contributed by atoms with Crippen molar-refractivity contribution in [2.75, 3.05) is 13.7 Å². The smallest absolute Gasteiger partial charge is 0.438 e. The third-order valence-electron chi connectivity index (χ3n) is 10.6. The number of methoxy groups -OCH3 is 1. The van der Waals surface area contributed by atoms with Gasteiger partial charge >= 0.3 is 12.3 Å². The van der Waals surface area contributed by atoms with Crippen LogP contribution in [0.15, 0.2) is 30.4 Å². The number of benzene rings is 1. The van der Waals surface area contributed by atoms with E-state index in [1.165, 1.54) is 32.2 Å². The van der Waals surface area contributed by atoms with Gasteiger partial charge in [-0.05, 0) is 78.4 Å². The SMILES string of the molecule is COc1ccc2nc(C(F)(F)F)c(O[C@@H]3C[C@H]4C(=O)N[C@]5(C(=O)NS(=O)(=O)C6(C)CC6)C[C@H]5/C=C\CCCCC[C@H](NC(=O)OC(C)(C)C)C(=O)N4C3)nc2c1. The van der Waals surface area contributed by atoms with E-state index < -0.39 is 98.1 Å². The summed E-state index contributed by atoms with van der Waals surface area (Å²) in [5, 5.41) is 5.32. The van der Waals surface area contributed by atoms with Crippen molar-refractivity contribution in [3.05, 3.63) is 36.0 Å². The molecule has 1 saturated heterocycles. The van der Waals surface area contributed by atoms with E-state index in [4.69, 9.17) is 14.2 Å².